The first-order valence-corrected chi connectivity index (χ1v) is 11.2. The maximum atomic E-state index is 13.4. The molecule has 1 fully saturated rings. The lowest BCUT2D eigenvalue weighted by molar-refractivity contribution is -0.132. The van der Waals surface area contributed by atoms with Gasteiger partial charge in [0.2, 0.25) is 0 Å². The van der Waals surface area contributed by atoms with E-state index < -0.39 is 23.7 Å². The fourth-order valence-corrected chi connectivity index (χ4v) is 4.20. The Kier molecular flexibility index (Phi) is 7.15. The summed E-state index contributed by atoms with van der Waals surface area (Å²) < 4.78 is 21.0. The number of ether oxygens (including phenoxy) is 4. The van der Waals surface area contributed by atoms with Crippen molar-refractivity contribution in [1.82, 2.24) is 0 Å². The molecule has 0 radical (unpaired) electrons. The van der Waals surface area contributed by atoms with Crippen LogP contribution in [-0.4, -0.2) is 44.1 Å². The number of nitrogens with zero attached hydrogens (tertiary/aromatic N) is 1. The number of carbonyl (C=O) groups is 3. The molecule has 0 spiro atoms. The minimum atomic E-state index is -0.980. The molecule has 1 atom stereocenters. The number of aliphatic hydroxyl groups excluding tert-OH is 1. The van der Waals surface area contributed by atoms with Crippen LogP contribution in [0.15, 0.2) is 72.3 Å². The second-order valence-electron chi connectivity index (χ2n) is 8.10. The van der Waals surface area contributed by atoms with E-state index in [2.05, 4.69) is 0 Å². The van der Waals surface area contributed by atoms with Gasteiger partial charge in [0.1, 0.15) is 17.3 Å². The molecule has 0 aromatic heterocycles. The van der Waals surface area contributed by atoms with Crippen molar-refractivity contribution in [2.75, 3.05) is 26.2 Å². The number of benzene rings is 3. The molecular weight excluding hydrogens is 478 g/mol. The van der Waals surface area contributed by atoms with Crippen LogP contribution in [-0.2, 0) is 14.4 Å². The molecule has 1 aliphatic rings. The van der Waals surface area contributed by atoms with Crippen molar-refractivity contribution in [3.8, 4) is 23.0 Å². The van der Waals surface area contributed by atoms with Gasteiger partial charge in [0, 0.05) is 24.2 Å². The molecule has 0 bridgehead atoms. The SMILES string of the molecule is COc1cccc(N2C(=O)C(=O)/C(=C(/O)c3ccc(OC)c(OC)c3)C2c2ccc(OC(C)=O)cc2)c1. The Bertz CT molecular complexity index is 1390. The number of Topliss-reactive ketones (excluding diaryl/α,β-unsaturated/α-hetero) is 1. The second kappa shape index (κ2) is 10.4. The van der Waals surface area contributed by atoms with Crippen molar-refractivity contribution in [3.63, 3.8) is 0 Å². The number of amides is 1. The molecule has 37 heavy (non-hydrogen) atoms. The summed E-state index contributed by atoms with van der Waals surface area (Å²) in [6, 6.07) is 16.8. The Balaban J connectivity index is 1.91. The van der Waals surface area contributed by atoms with Gasteiger partial charge in [0.25, 0.3) is 11.7 Å². The van der Waals surface area contributed by atoms with Crippen LogP contribution < -0.4 is 23.8 Å². The highest BCUT2D eigenvalue weighted by Crippen LogP contribution is 2.43. The van der Waals surface area contributed by atoms with Crippen LogP contribution >= 0.6 is 0 Å². The van der Waals surface area contributed by atoms with Crippen molar-refractivity contribution in [1.29, 1.82) is 0 Å². The number of rotatable bonds is 7. The Morgan fingerprint density at radius 1 is 0.838 bits per heavy atom. The maximum absolute atomic E-state index is 13.4. The largest absolute Gasteiger partial charge is 0.507 e. The minimum absolute atomic E-state index is 0.111. The van der Waals surface area contributed by atoms with Crippen molar-refractivity contribution in [2.45, 2.75) is 13.0 Å². The van der Waals surface area contributed by atoms with Gasteiger partial charge in [-0.15, -0.1) is 0 Å². The summed E-state index contributed by atoms with van der Waals surface area (Å²) >= 11 is 0. The van der Waals surface area contributed by atoms with Crippen LogP contribution in [0.1, 0.15) is 24.1 Å². The third-order valence-corrected chi connectivity index (χ3v) is 5.89. The lowest BCUT2D eigenvalue weighted by Gasteiger charge is -2.26. The highest BCUT2D eigenvalue weighted by atomic mass is 16.5. The zero-order chi connectivity index (χ0) is 26.7. The van der Waals surface area contributed by atoms with Crippen molar-refractivity contribution >= 4 is 29.1 Å². The average Bonchev–Trinajstić information content (AvgIpc) is 3.18. The quantitative estimate of drug-likeness (QED) is 0.167. The van der Waals surface area contributed by atoms with Crippen molar-refractivity contribution in [3.05, 3.63) is 83.4 Å². The molecule has 1 amide bonds. The van der Waals surface area contributed by atoms with E-state index in [4.69, 9.17) is 18.9 Å². The van der Waals surface area contributed by atoms with Gasteiger partial charge in [-0.25, -0.2) is 0 Å². The Hall–Kier alpha value is -4.79. The van der Waals surface area contributed by atoms with Crippen LogP contribution in [0.2, 0.25) is 0 Å². The molecule has 4 rings (SSSR count). The van der Waals surface area contributed by atoms with Crippen LogP contribution in [0.3, 0.4) is 0 Å². The molecule has 1 heterocycles. The van der Waals surface area contributed by atoms with Crippen molar-refractivity contribution < 1.29 is 38.4 Å². The summed E-state index contributed by atoms with van der Waals surface area (Å²) in [6.07, 6.45) is 0. The van der Waals surface area contributed by atoms with E-state index in [1.54, 1.807) is 60.7 Å². The second-order valence-corrected chi connectivity index (χ2v) is 8.10. The maximum Gasteiger partial charge on any atom is 0.308 e. The first-order chi connectivity index (χ1) is 17.8. The Labute approximate surface area is 213 Å². The third-order valence-electron chi connectivity index (χ3n) is 5.89. The van der Waals surface area contributed by atoms with Gasteiger partial charge < -0.3 is 24.1 Å². The molecule has 9 heteroatoms. The number of hydrogen-bond donors (Lipinski definition) is 1. The van der Waals surface area contributed by atoms with Crippen LogP contribution in [0, 0.1) is 0 Å². The monoisotopic (exact) mass is 503 g/mol. The number of esters is 1. The van der Waals surface area contributed by atoms with E-state index in [0.29, 0.717) is 34.2 Å². The summed E-state index contributed by atoms with van der Waals surface area (Å²) in [4.78, 5) is 39.4. The molecule has 3 aromatic rings. The highest BCUT2D eigenvalue weighted by Gasteiger charge is 2.47. The molecule has 9 nitrogen and oxygen atoms in total. The van der Waals surface area contributed by atoms with Crippen LogP contribution in [0.5, 0.6) is 23.0 Å². The Morgan fingerprint density at radius 2 is 1.54 bits per heavy atom. The smallest absolute Gasteiger partial charge is 0.308 e. The van der Waals surface area contributed by atoms with Gasteiger partial charge in [-0.05, 0) is 48.0 Å². The first-order valence-electron chi connectivity index (χ1n) is 11.2. The number of carbonyl (C=O) groups excluding carboxylic acids is 3. The number of aliphatic hydroxyl groups is 1. The zero-order valence-electron chi connectivity index (χ0n) is 20.7. The van der Waals surface area contributed by atoms with Crippen molar-refractivity contribution in [2.24, 2.45) is 0 Å². The Morgan fingerprint density at radius 3 is 2.16 bits per heavy atom. The van der Waals surface area contributed by atoms with Gasteiger partial charge >= 0.3 is 5.97 Å². The molecule has 1 N–H and O–H groups in total. The average molecular weight is 504 g/mol. The fourth-order valence-electron chi connectivity index (χ4n) is 4.20. The van der Waals surface area contributed by atoms with Crippen LogP contribution in [0.25, 0.3) is 5.76 Å². The normalized spacial score (nSPS) is 16.4. The molecule has 190 valence electrons. The first kappa shape index (κ1) is 25.3. The van der Waals surface area contributed by atoms with E-state index >= 15 is 0 Å². The summed E-state index contributed by atoms with van der Waals surface area (Å²) in [5.41, 5.74) is 1.07. The summed E-state index contributed by atoms with van der Waals surface area (Å²) in [7, 11) is 4.43. The predicted molar refractivity (Wildman–Crippen MR) is 135 cm³/mol. The predicted octanol–water partition coefficient (Wildman–Crippen LogP) is 4.26. The standard InChI is InChI=1S/C28H25NO8/c1-16(30)37-20-11-8-17(9-12-20)25-24(26(31)18-10-13-22(35-3)23(14-18)36-4)27(32)28(33)29(25)19-6-5-7-21(15-19)34-2/h5-15,25,31H,1-4H3/b26-24+. The molecule has 1 aliphatic heterocycles. The topological polar surface area (TPSA) is 112 Å². The van der Waals surface area contributed by atoms with E-state index in [0.717, 1.165) is 0 Å². The molecule has 1 unspecified atom stereocenters. The van der Waals surface area contributed by atoms with Crippen LogP contribution in [0.4, 0.5) is 5.69 Å². The fraction of sp³-hybridized carbons (Fsp3) is 0.179. The van der Waals surface area contributed by atoms with E-state index in [1.807, 2.05) is 0 Å². The molecule has 0 aliphatic carbocycles. The lowest BCUT2D eigenvalue weighted by Crippen LogP contribution is -2.29. The van der Waals surface area contributed by atoms with E-state index in [-0.39, 0.29) is 16.9 Å². The van der Waals surface area contributed by atoms with Gasteiger partial charge in [0.15, 0.2) is 11.5 Å². The zero-order valence-corrected chi connectivity index (χ0v) is 20.7. The van der Waals surface area contributed by atoms with Gasteiger partial charge in [-0.1, -0.05) is 18.2 Å². The van der Waals surface area contributed by atoms with Gasteiger partial charge in [0.05, 0.1) is 32.9 Å². The number of hydrogen-bond acceptors (Lipinski definition) is 8. The number of methoxy groups -OCH3 is 3. The lowest BCUT2D eigenvalue weighted by atomic mass is 9.95. The number of ketones is 1. The van der Waals surface area contributed by atoms with E-state index in [9.17, 15) is 19.5 Å². The number of anilines is 1. The minimum Gasteiger partial charge on any atom is -0.507 e. The highest BCUT2D eigenvalue weighted by molar-refractivity contribution is 6.51. The summed E-state index contributed by atoms with van der Waals surface area (Å²) in [5, 5.41) is 11.4. The molecule has 3 aromatic carbocycles. The van der Waals surface area contributed by atoms with E-state index in [1.165, 1.54) is 39.2 Å². The summed E-state index contributed by atoms with van der Waals surface area (Å²) in [5.74, 6) is -0.960. The third kappa shape index (κ3) is 4.84. The summed E-state index contributed by atoms with van der Waals surface area (Å²) in [6.45, 7) is 1.29. The van der Waals surface area contributed by atoms with Gasteiger partial charge in [-0.3, -0.25) is 19.3 Å². The molecule has 1 saturated heterocycles. The molecular formula is C28H25NO8. The molecule has 0 saturated carbocycles. The van der Waals surface area contributed by atoms with Gasteiger partial charge in [-0.2, -0.15) is 0 Å².